The average molecular weight is 324 g/mol. The Kier molecular flexibility index (Phi) is 4.60. The van der Waals surface area contributed by atoms with Crippen LogP contribution >= 0.6 is 0 Å². The normalized spacial score (nSPS) is 19.9. The number of nitrogens with two attached hydrogens (primary N) is 1. The zero-order valence-electron chi connectivity index (χ0n) is 13.6. The largest absolute Gasteiger partial charge is 0.469 e. The first-order valence-corrected chi connectivity index (χ1v) is 8.04. The molecular weight excluding hydrogens is 304 g/mol. The summed E-state index contributed by atoms with van der Waals surface area (Å²) in [5, 5.41) is 0. The standard InChI is InChI=1S/C19H20N2O3/c1-24-19(23)16-4-2-3-15(16)18(22)17-10-7-13(11-21-17)12-5-8-14(20)9-6-12/h5-11,15-16H,2-4,20H2,1H3. The third-order valence-electron chi connectivity index (χ3n) is 4.62. The quantitative estimate of drug-likeness (QED) is 0.531. The van der Waals surface area contributed by atoms with Gasteiger partial charge in [-0.25, -0.2) is 0 Å². The van der Waals surface area contributed by atoms with Crippen molar-refractivity contribution in [1.29, 1.82) is 0 Å². The fourth-order valence-corrected chi connectivity index (χ4v) is 3.28. The zero-order valence-corrected chi connectivity index (χ0v) is 13.6. The molecule has 0 saturated heterocycles. The number of hydrogen-bond acceptors (Lipinski definition) is 5. The lowest BCUT2D eigenvalue weighted by Gasteiger charge is -2.15. The number of aromatic nitrogens is 1. The van der Waals surface area contributed by atoms with Crippen molar-refractivity contribution in [3.05, 3.63) is 48.3 Å². The van der Waals surface area contributed by atoms with E-state index in [2.05, 4.69) is 4.98 Å². The molecule has 2 N–H and O–H groups in total. The van der Waals surface area contributed by atoms with Crippen LogP contribution in [0.5, 0.6) is 0 Å². The number of benzene rings is 1. The first-order valence-electron chi connectivity index (χ1n) is 8.04. The minimum Gasteiger partial charge on any atom is -0.469 e. The predicted molar refractivity (Wildman–Crippen MR) is 91.3 cm³/mol. The molecule has 2 atom stereocenters. The second kappa shape index (κ2) is 6.83. The van der Waals surface area contributed by atoms with E-state index in [0.717, 1.165) is 17.5 Å². The summed E-state index contributed by atoms with van der Waals surface area (Å²) >= 11 is 0. The first-order chi connectivity index (χ1) is 11.6. The van der Waals surface area contributed by atoms with E-state index in [1.165, 1.54) is 7.11 Å². The average Bonchev–Trinajstić information content (AvgIpc) is 3.11. The molecule has 0 spiro atoms. The number of pyridine rings is 1. The van der Waals surface area contributed by atoms with Gasteiger partial charge in [0.05, 0.1) is 13.0 Å². The summed E-state index contributed by atoms with van der Waals surface area (Å²) in [5.41, 5.74) is 8.70. The van der Waals surface area contributed by atoms with Crippen LogP contribution in [0.4, 0.5) is 5.69 Å². The van der Waals surface area contributed by atoms with Gasteiger partial charge in [-0.3, -0.25) is 14.6 Å². The molecule has 24 heavy (non-hydrogen) atoms. The molecule has 1 heterocycles. The third kappa shape index (κ3) is 3.15. The minimum absolute atomic E-state index is 0.0771. The van der Waals surface area contributed by atoms with Crippen LogP contribution in [0.25, 0.3) is 11.1 Å². The van der Waals surface area contributed by atoms with Gasteiger partial charge in [0.15, 0.2) is 5.78 Å². The maximum Gasteiger partial charge on any atom is 0.309 e. The second-order valence-electron chi connectivity index (χ2n) is 6.09. The molecule has 1 aromatic heterocycles. The minimum atomic E-state index is -0.346. The molecule has 0 bridgehead atoms. The van der Waals surface area contributed by atoms with Gasteiger partial charge in [-0.05, 0) is 36.6 Å². The summed E-state index contributed by atoms with van der Waals surface area (Å²) in [6.07, 6.45) is 3.95. The number of rotatable bonds is 4. The molecule has 0 amide bonds. The van der Waals surface area contributed by atoms with E-state index in [-0.39, 0.29) is 23.6 Å². The van der Waals surface area contributed by atoms with Gasteiger partial charge in [0.25, 0.3) is 0 Å². The summed E-state index contributed by atoms with van der Waals surface area (Å²) in [7, 11) is 1.36. The molecule has 2 unspecified atom stereocenters. The lowest BCUT2D eigenvalue weighted by Crippen LogP contribution is -2.27. The van der Waals surface area contributed by atoms with Gasteiger partial charge >= 0.3 is 5.97 Å². The molecule has 2 aromatic rings. The molecule has 1 fully saturated rings. The number of carbonyl (C=O) groups is 2. The fraction of sp³-hybridized carbons (Fsp3) is 0.316. The number of hydrogen-bond donors (Lipinski definition) is 1. The highest BCUT2D eigenvalue weighted by Crippen LogP contribution is 2.35. The number of carbonyl (C=O) groups excluding carboxylic acids is 2. The van der Waals surface area contributed by atoms with Gasteiger partial charge in [-0.1, -0.05) is 24.6 Å². The number of methoxy groups -OCH3 is 1. The maximum absolute atomic E-state index is 12.7. The van der Waals surface area contributed by atoms with Crippen molar-refractivity contribution in [2.45, 2.75) is 19.3 Å². The Labute approximate surface area is 140 Å². The highest BCUT2D eigenvalue weighted by atomic mass is 16.5. The Morgan fingerprint density at radius 3 is 2.33 bits per heavy atom. The van der Waals surface area contributed by atoms with E-state index >= 15 is 0 Å². The number of esters is 1. The van der Waals surface area contributed by atoms with Crippen molar-refractivity contribution in [2.24, 2.45) is 11.8 Å². The molecule has 1 saturated carbocycles. The summed E-state index contributed by atoms with van der Waals surface area (Å²) in [4.78, 5) is 28.8. The summed E-state index contributed by atoms with van der Waals surface area (Å²) in [6, 6.07) is 11.1. The molecular formula is C19H20N2O3. The van der Waals surface area contributed by atoms with E-state index in [1.807, 2.05) is 30.3 Å². The Morgan fingerprint density at radius 1 is 1.04 bits per heavy atom. The van der Waals surface area contributed by atoms with Crippen LogP contribution in [0.2, 0.25) is 0 Å². The van der Waals surface area contributed by atoms with E-state index in [4.69, 9.17) is 10.5 Å². The number of ketones is 1. The highest BCUT2D eigenvalue weighted by molar-refractivity contribution is 5.99. The first kappa shape index (κ1) is 16.2. The molecule has 0 radical (unpaired) electrons. The SMILES string of the molecule is COC(=O)C1CCCC1C(=O)c1ccc(-c2ccc(N)cc2)cn1. The van der Waals surface area contributed by atoms with Crippen LogP contribution in [-0.2, 0) is 9.53 Å². The number of nitrogen functional groups attached to an aromatic ring is 1. The molecule has 124 valence electrons. The Balaban J connectivity index is 1.79. The van der Waals surface area contributed by atoms with Crippen molar-refractivity contribution in [3.63, 3.8) is 0 Å². The van der Waals surface area contributed by atoms with Crippen molar-refractivity contribution in [1.82, 2.24) is 4.98 Å². The number of Topliss-reactive ketones (excluding diaryl/α,β-unsaturated/α-hetero) is 1. The number of ether oxygens (including phenoxy) is 1. The Morgan fingerprint density at radius 2 is 1.71 bits per heavy atom. The van der Waals surface area contributed by atoms with E-state index in [0.29, 0.717) is 24.2 Å². The summed E-state index contributed by atoms with van der Waals surface area (Å²) in [6.45, 7) is 0. The molecule has 5 nitrogen and oxygen atoms in total. The Hall–Kier alpha value is -2.69. The van der Waals surface area contributed by atoms with Gasteiger partial charge in [0.1, 0.15) is 5.69 Å². The fourth-order valence-electron chi connectivity index (χ4n) is 3.28. The van der Waals surface area contributed by atoms with Gasteiger partial charge < -0.3 is 10.5 Å². The van der Waals surface area contributed by atoms with Crippen LogP contribution in [0.3, 0.4) is 0 Å². The molecule has 0 aliphatic heterocycles. The van der Waals surface area contributed by atoms with Gasteiger partial charge in [-0.15, -0.1) is 0 Å². The molecule has 3 rings (SSSR count). The number of nitrogens with zero attached hydrogens (tertiary/aromatic N) is 1. The monoisotopic (exact) mass is 324 g/mol. The molecule has 5 heteroatoms. The molecule has 1 aliphatic rings. The molecule has 1 aromatic carbocycles. The van der Waals surface area contributed by atoms with Crippen LogP contribution in [0.1, 0.15) is 29.8 Å². The lowest BCUT2D eigenvalue weighted by molar-refractivity contribution is -0.146. The topological polar surface area (TPSA) is 82.3 Å². The highest BCUT2D eigenvalue weighted by Gasteiger charge is 2.39. The van der Waals surface area contributed by atoms with Crippen molar-refractivity contribution < 1.29 is 14.3 Å². The van der Waals surface area contributed by atoms with Crippen LogP contribution in [-0.4, -0.2) is 23.8 Å². The lowest BCUT2D eigenvalue weighted by atomic mass is 9.90. The summed E-state index contributed by atoms with van der Waals surface area (Å²) in [5.74, 6) is -1.05. The van der Waals surface area contributed by atoms with E-state index in [1.54, 1.807) is 12.3 Å². The van der Waals surface area contributed by atoms with Crippen LogP contribution in [0, 0.1) is 11.8 Å². The third-order valence-corrected chi connectivity index (χ3v) is 4.62. The zero-order chi connectivity index (χ0) is 17.1. The van der Waals surface area contributed by atoms with Crippen molar-refractivity contribution >= 4 is 17.4 Å². The summed E-state index contributed by atoms with van der Waals surface area (Å²) < 4.78 is 4.82. The van der Waals surface area contributed by atoms with Crippen molar-refractivity contribution in [2.75, 3.05) is 12.8 Å². The number of anilines is 1. The van der Waals surface area contributed by atoms with E-state index < -0.39 is 0 Å². The maximum atomic E-state index is 12.7. The molecule has 1 aliphatic carbocycles. The van der Waals surface area contributed by atoms with Crippen LogP contribution in [0.15, 0.2) is 42.6 Å². The van der Waals surface area contributed by atoms with Gasteiger partial charge in [0.2, 0.25) is 0 Å². The van der Waals surface area contributed by atoms with Crippen molar-refractivity contribution in [3.8, 4) is 11.1 Å². The Bertz CT molecular complexity index is 738. The second-order valence-corrected chi connectivity index (χ2v) is 6.09. The van der Waals surface area contributed by atoms with Gasteiger partial charge in [-0.2, -0.15) is 0 Å². The van der Waals surface area contributed by atoms with Gasteiger partial charge in [0, 0.05) is 23.4 Å². The predicted octanol–water partition coefficient (Wildman–Crippen LogP) is 3.10. The van der Waals surface area contributed by atoms with E-state index in [9.17, 15) is 9.59 Å². The smallest absolute Gasteiger partial charge is 0.309 e. The van der Waals surface area contributed by atoms with Crippen LogP contribution < -0.4 is 5.73 Å².